The number of hydrogen-bond acceptors (Lipinski definition) is 3. The van der Waals surface area contributed by atoms with Crippen molar-refractivity contribution in [2.75, 3.05) is 32.1 Å². The van der Waals surface area contributed by atoms with E-state index in [1.807, 2.05) is 14.1 Å². The predicted molar refractivity (Wildman–Crippen MR) is 103 cm³/mol. The van der Waals surface area contributed by atoms with Gasteiger partial charge in [0, 0.05) is 46.3 Å². The second-order valence-corrected chi connectivity index (χ2v) is 6.93. The number of nitrogens with one attached hydrogen (secondary N) is 1. The lowest BCUT2D eigenvalue weighted by Crippen LogP contribution is -2.40. The Bertz CT molecular complexity index is 724. The average Bonchev–Trinajstić information content (AvgIpc) is 2.62. The van der Waals surface area contributed by atoms with Gasteiger partial charge in [-0.1, -0.05) is 36.4 Å². The SMILES string of the molecule is CC(=O)NC[C@@H](c1ccc(N(C)C)cc1)N1CCc2ccccc2C1. The zero-order chi connectivity index (χ0) is 17.8. The molecule has 0 saturated heterocycles. The molecule has 1 N–H and O–H groups in total. The van der Waals surface area contributed by atoms with E-state index in [0.29, 0.717) is 6.54 Å². The van der Waals surface area contributed by atoms with Crippen molar-refractivity contribution in [1.82, 2.24) is 10.2 Å². The Kier molecular flexibility index (Phi) is 5.39. The molecule has 2 aromatic carbocycles. The monoisotopic (exact) mass is 337 g/mol. The number of amides is 1. The summed E-state index contributed by atoms with van der Waals surface area (Å²) in [7, 11) is 4.09. The lowest BCUT2D eigenvalue weighted by molar-refractivity contribution is -0.119. The van der Waals surface area contributed by atoms with Gasteiger partial charge in [0.25, 0.3) is 0 Å². The molecular weight excluding hydrogens is 310 g/mol. The fourth-order valence-corrected chi connectivity index (χ4v) is 3.48. The summed E-state index contributed by atoms with van der Waals surface area (Å²) in [6, 6.07) is 17.5. The van der Waals surface area contributed by atoms with Gasteiger partial charge in [-0.2, -0.15) is 0 Å². The highest BCUT2D eigenvalue weighted by Crippen LogP contribution is 2.28. The van der Waals surface area contributed by atoms with Gasteiger partial charge in [0.1, 0.15) is 0 Å². The first kappa shape index (κ1) is 17.5. The molecule has 0 saturated carbocycles. The molecule has 0 bridgehead atoms. The van der Waals surface area contributed by atoms with Gasteiger partial charge < -0.3 is 10.2 Å². The third kappa shape index (κ3) is 4.20. The molecule has 0 fully saturated rings. The van der Waals surface area contributed by atoms with E-state index in [4.69, 9.17) is 0 Å². The molecule has 1 heterocycles. The summed E-state index contributed by atoms with van der Waals surface area (Å²) in [5, 5.41) is 3.01. The van der Waals surface area contributed by atoms with Gasteiger partial charge in [-0.3, -0.25) is 9.69 Å². The minimum atomic E-state index is 0.0207. The highest BCUT2D eigenvalue weighted by atomic mass is 16.1. The number of anilines is 1. The summed E-state index contributed by atoms with van der Waals surface area (Å²) in [5.74, 6) is 0.0207. The molecular formula is C21H27N3O. The van der Waals surface area contributed by atoms with E-state index < -0.39 is 0 Å². The van der Waals surface area contributed by atoms with Crippen LogP contribution < -0.4 is 10.2 Å². The van der Waals surface area contributed by atoms with Crippen LogP contribution in [0.5, 0.6) is 0 Å². The van der Waals surface area contributed by atoms with Gasteiger partial charge in [-0.15, -0.1) is 0 Å². The van der Waals surface area contributed by atoms with Crippen LogP contribution in [-0.2, 0) is 17.8 Å². The van der Waals surface area contributed by atoms with Crippen LogP contribution in [0.4, 0.5) is 5.69 Å². The van der Waals surface area contributed by atoms with E-state index in [-0.39, 0.29) is 11.9 Å². The van der Waals surface area contributed by atoms with E-state index in [1.54, 1.807) is 6.92 Å². The molecule has 1 aliphatic rings. The molecule has 25 heavy (non-hydrogen) atoms. The summed E-state index contributed by atoms with van der Waals surface area (Å²) < 4.78 is 0. The normalized spacial score (nSPS) is 15.3. The molecule has 4 heteroatoms. The van der Waals surface area contributed by atoms with Crippen molar-refractivity contribution >= 4 is 11.6 Å². The minimum Gasteiger partial charge on any atom is -0.378 e. The van der Waals surface area contributed by atoms with Crippen molar-refractivity contribution in [2.45, 2.75) is 25.9 Å². The molecule has 0 spiro atoms. The van der Waals surface area contributed by atoms with Crippen molar-refractivity contribution in [3.8, 4) is 0 Å². The van der Waals surface area contributed by atoms with Gasteiger partial charge in [0.2, 0.25) is 5.91 Å². The highest BCUT2D eigenvalue weighted by molar-refractivity contribution is 5.72. The third-order valence-electron chi connectivity index (χ3n) is 4.94. The van der Waals surface area contributed by atoms with Crippen LogP contribution in [0, 0.1) is 0 Å². The first-order valence-electron chi connectivity index (χ1n) is 8.87. The number of fused-ring (bicyclic) bond motifs is 1. The lowest BCUT2D eigenvalue weighted by atomic mass is 9.96. The van der Waals surface area contributed by atoms with Crippen molar-refractivity contribution in [2.24, 2.45) is 0 Å². The number of carbonyl (C=O) groups excluding carboxylic acids is 1. The van der Waals surface area contributed by atoms with E-state index in [9.17, 15) is 4.79 Å². The molecule has 1 aliphatic heterocycles. The fourth-order valence-electron chi connectivity index (χ4n) is 3.48. The smallest absolute Gasteiger partial charge is 0.216 e. The molecule has 0 aliphatic carbocycles. The molecule has 1 amide bonds. The third-order valence-corrected chi connectivity index (χ3v) is 4.94. The Hall–Kier alpha value is -2.33. The van der Waals surface area contributed by atoms with Crippen LogP contribution in [0.1, 0.15) is 29.7 Å². The van der Waals surface area contributed by atoms with Crippen molar-refractivity contribution in [3.05, 3.63) is 65.2 Å². The Morgan fingerprint density at radius 3 is 2.44 bits per heavy atom. The van der Waals surface area contributed by atoms with E-state index in [1.165, 1.54) is 22.4 Å². The molecule has 0 unspecified atom stereocenters. The van der Waals surface area contributed by atoms with Crippen molar-refractivity contribution in [1.29, 1.82) is 0 Å². The van der Waals surface area contributed by atoms with Crippen LogP contribution in [0.3, 0.4) is 0 Å². The predicted octanol–water partition coefficient (Wildman–Crippen LogP) is 2.99. The van der Waals surface area contributed by atoms with Gasteiger partial charge in [0.15, 0.2) is 0 Å². The van der Waals surface area contributed by atoms with Gasteiger partial charge in [0.05, 0.1) is 6.04 Å². The molecule has 4 nitrogen and oxygen atoms in total. The molecule has 0 aromatic heterocycles. The first-order valence-corrected chi connectivity index (χ1v) is 8.87. The summed E-state index contributed by atoms with van der Waals surface area (Å²) in [6.07, 6.45) is 1.06. The molecule has 132 valence electrons. The summed E-state index contributed by atoms with van der Waals surface area (Å²) in [5.41, 5.74) is 5.27. The number of nitrogens with zero attached hydrogens (tertiary/aromatic N) is 2. The minimum absolute atomic E-state index is 0.0207. The molecule has 0 radical (unpaired) electrons. The number of rotatable bonds is 5. The van der Waals surface area contributed by atoms with Crippen LogP contribution in [0.25, 0.3) is 0 Å². The van der Waals surface area contributed by atoms with Crippen molar-refractivity contribution < 1.29 is 4.79 Å². The number of hydrogen-bond donors (Lipinski definition) is 1. The highest BCUT2D eigenvalue weighted by Gasteiger charge is 2.25. The zero-order valence-electron chi connectivity index (χ0n) is 15.3. The van der Waals surface area contributed by atoms with E-state index in [0.717, 1.165) is 19.5 Å². The van der Waals surface area contributed by atoms with Crippen LogP contribution in [0.2, 0.25) is 0 Å². The summed E-state index contributed by atoms with van der Waals surface area (Å²) >= 11 is 0. The van der Waals surface area contributed by atoms with Crippen molar-refractivity contribution in [3.63, 3.8) is 0 Å². The Morgan fingerprint density at radius 2 is 1.80 bits per heavy atom. The Balaban J connectivity index is 1.83. The Labute approximate surface area is 150 Å². The maximum absolute atomic E-state index is 11.5. The number of carbonyl (C=O) groups is 1. The average molecular weight is 337 g/mol. The quantitative estimate of drug-likeness (QED) is 0.911. The molecule has 2 aromatic rings. The van der Waals surface area contributed by atoms with Gasteiger partial charge in [-0.05, 0) is 35.2 Å². The summed E-state index contributed by atoms with van der Waals surface area (Å²) in [4.78, 5) is 16.0. The second kappa shape index (κ2) is 7.70. The van der Waals surface area contributed by atoms with Crippen LogP contribution >= 0.6 is 0 Å². The van der Waals surface area contributed by atoms with E-state index >= 15 is 0 Å². The molecule has 1 atom stereocenters. The van der Waals surface area contributed by atoms with Gasteiger partial charge >= 0.3 is 0 Å². The fraction of sp³-hybridized carbons (Fsp3) is 0.381. The van der Waals surface area contributed by atoms with Crippen LogP contribution in [0.15, 0.2) is 48.5 Å². The largest absolute Gasteiger partial charge is 0.378 e. The summed E-state index contributed by atoms with van der Waals surface area (Å²) in [6.45, 7) is 4.16. The Morgan fingerprint density at radius 1 is 1.12 bits per heavy atom. The maximum atomic E-state index is 11.5. The topological polar surface area (TPSA) is 35.6 Å². The zero-order valence-corrected chi connectivity index (χ0v) is 15.3. The van der Waals surface area contributed by atoms with Gasteiger partial charge in [-0.25, -0.2) is 0 Å². The first-order chi connectivity index (χ1) is 12.0. The second-order valence-electron chi connectivity index (χ2n) is 6.93. The van der Waals surface area contributed by atoms with Crippen LogP contribution in [-0.4, -0.2) is 38.0 Å². The standard InChI is InChI=1S/C21H27N3O/c1-16(25)22-14-21(18-8-10-20(11-9-18)23(2)3)24-13-12-17-6-4-5-7-19(17)15-24/h4-11,21H,12-15H2,1-3H3,(H,22,25)/t21-/m0/s1. The molecule has 3 rings (SSSR count). The van der Waals surface area contributed by atoms with E-state index in [2.05, 4.69) is 63.6 Å². The maximum Gasteiger partial charge on any atom is 0.216 e. The lowest BCUT2D eigenvalue weighted by Gasteiger charge is -2.36. The number of benzene rings is 2.